The molecule has 0 radical (unpaired) electrons. The van der Waals surface area contributed by atoms with Gasteiger partial charge in [0.1, 0.15) is 18.1 Å². The van der Waals surface area contributed by atoms with Crippen LogP contribution in [-0.4, -0.2) is 79.8 Å². The van der Waals surface area contributed by atoms with E-state index in [-0.39, 0.29) is 11.3 Å². The van der Waals surface area contributed by atoms with Gasteiger partial charge >= 0.3 is 5.97 Å². The van der Waals surface area contributed by atoms with E-state index in [1.54, 1.807) is 30.3 Å². The van der Waals surface area contributed by atoms with Crippen molar-refractivity contribution < 1.29 is 24.2 Å². The summed E-state index contributed by atoms with van der Waals surface area (Å²) in [6.07, 6.45) is 1.80. The number of nitrogens with zero attached hydrogens (tertiary/aromatic N) is 2. The summed E-state index contributed by atoms with van der Waals surface area (Å²) in [6, 6.07) is 19.7. The Bertz CT molecular complexity index is 1260. The van der Waals surface area contributed by atoms with Crippen molar-refractivity contribution in [2.75, 3.05) is 58.3 Å². The maximum atomic E-state index is 13.4. The highest BCUT2D eigenvalue weighted by Gasteiger charge is 2.19. The fraction of sp³-hybridized carbons (Fsp3) is 0.355. The molecule has 8 nitrogen and oxygen atoms in total. The van der Waals surface area contributed by atoms with E-state index in [4.69, 9.17) is 9.47 Å². The number of rotatable bonds is 12. The van der Waals surface area contributed by atoms with Gasteiger partial charge in [0.05, 0.1) is 23.4 Å². The molecule has 2 N–H and O–H groups in total. The lowest BCUT2D eigenvalue weighted by atomic mass is 10.0. The molecule has 0 atom stereocenters. The molecule has 1 amide bonds. The first kappa shape index (κ1) is 28.1. The largest absolute Gasteiger partial charge is 0.493 e. The molecule has 3 aromatic rings. The average Bonchev–Trinajstić information content (AvgIpc) is 2.94. The molecule has 1 fully saturated rings. The fourth-order valence-corrected chi connectivity index (χ4v) is 4.42. The normalized spacial score (nSPS) is 14.1. The number of amides is 1. The smallest absolute Gasteiger partial charge is 0.337 e. The number of anilines is 1. The summed E-state index contributed by atoms with van der Waals surface area (Å²) in [5.74, 6) is -0.523. The number of carbonyl (C=O) groups excluding carboxylic acids is 1. The summed E-state index contributed by atoms with van der Waals surface area (Å²) in [6.45, 7) is 8.06. The molecular weight excluding hydrogens is 494 g/mol. The van der Waals surface area contributed by atoms with Gasteiger partial charge in [0.25, 0.3) is 5.91 Å². The van der Waals surface area contributed by atoms with Gasteiger partial charge in [-0.25, -0.2) is 4.79 Å². The van der Waals surface area contributed by atoms with Crippen molar-refractivity contribution in [1.29, 1.82) is 0 Å². The zero-order valence-electron chi connectivity index (χ0n) is 22.7. The van der Waals surface area contributed by atoms with Crippen molar-refractivity contribution in [3.8, 4) is 22.6 Å². The standard InChI is InChI=1S/C31H37N3O5/c1-3-4-19-39-29-22-25(38-20-18-34-16-14-33(2)15-17-34)11-13-27(29)30(35)32-28-21-24(10-12-26(28)31(36)37)23-8-6-5-7-9-23/h5-13,21-22H,3-4,14-20H2,1-2H3,(H,32,35)(H,36,37). The molecule has 1 heterocycles. The van der Waals surface area contributed by atoms with Gasteiger partial charge in [-0.05, 0) is 48.9 Å². The van der Waals surface area contributed by atoms with E-state index in [2.05, 4.69) is 29.1 Å². The van der Waals surface area contributed by atoms with E-state index in [1.165, 1.54) is 6.07 Å². The molecule has 1 aliphatic rings. The monoisotopic (exact) mass is 531 g/mol. The molecule has 0 aliphatic carbocycles. The number of unbranched alkanes of at least 4 members (excludes halogenated alkanes) is 1. The quantitative estimate of drug-likeness (QED) is 0.314. The molecule has 0 unspecified atom stereocenters. The summed E-state index contributed by atoms with van der Waals surface area (Å²) < 4.78 is 12.0. The van der Waals surface area contributed by atoms with E-state index < -0.39 is 11.9 Å². The minimum atomic E-state index is -1.12. The Balaban J connectivity index is 1.51. The van der Waals surface area contributed by atoms with Crippen LogP contribution in [0.25, 0.3) is 11.1 Å². The first-order valence-electron chi connectivity index (χ1n) is 13.5. The number of carboxylic acid groups (broad SMARTS) is 1. The van der Waals surface area contributed by atoms with Gasteiger partial charge in [-0.3, -0.25) is 9.69 Å². The van der Waals surface area contributed by atoms with E-state index in [1.807, 2.05) is 30.3 Å². The lowest BCUT2D eigenvalue weighted by Gasteiger charge is -2.32. The van der Waals surface area contributed by atoms with Crippen molar-refractivity contribution >= 4 is 17.6 Å². The van der Waals surface area contributed by atoms with Gasteiger partial charge in [-0.2, -0.15) is 0 Å². The molecule has 0 spiro atoms. The van der Waals surface area contributed by atoms with Crippen LogP contribution in [0, 0.1) is 0 Å². The number of aromatic carboxylic acids is 1. The van der Waals surface area contributed by atoms with Crippen LogP contribution in [0.4, 0.5) is 5.69 Å². The predicted octanol–water partition coefficient (Wildman–Crippen LogP) is 5.11. The van der Waals surface area contributed by atoms with Crippen molar-refractivity contribution in [2.24, 2.45) is 0 Å². The van der Waals surface area contributed by atoms with Gasteiger partial charge in [-0.1, -0.05) is 49.7 Å². The highest BCUT2D eigenvalue weighted by Crippen LogP contribution is 2.29. The van der Waals surface area contributed by atoms with Crippen LogP contribution in [0.3, 0.4) is 0 Å². The molecule has 8 heteroatoms. The lowest BCUT2D eigenvalue weighted by Crippen LogP contribution is -2.45. The van der Waals surface area contributed by atoms with E-state index in [0.717, 1.165) is 56.7 Å². The van der Waals surface area contributed by atoms with Gasteiger partial charge in [0, 0.05) is 38.8 Å². The first-order chi connectivity index (χ1) is 18.9. The molecule has 39 heavy (non-hydrogen) atoms. The maximum Gasteiger partial charge on any atom is 0.337 e. The third-order valence-corrected chi connectivity index (χ3v) is 6.83. The molecular formula is C31H37N3O5. The first-order valence-corrected chi connectivity index (χ1v) is 13.5. The van der Waals surface area contributed by atoms with Gasteiger partial charge in [0.15, 0.2) is 0 Å². The van der Waals surface area contributed by atoms with Crippen molar-refractivity contribution in [3.05, 3.63) is 77.9 Å². The average molecular weight is 532 g/mol. The Labute approximate surface area is 230 Å². The summed E-state index contributed by atoms with van der Waals surface area (Å²) >= 11 is 0. The SMILES string of the molecule is CCCCOc1cc(OCCN2CCN(C)CC2)ccc1C(=O)Nc1cc(-c2ccccc2)ccc1C(=O)O. The van der Waals surface area contributed by atoms with E-state index in [9.17, 15) is 14.7 Å². The van der Waals surface area contributed by atoms with Crippen LogP contribution in [0.15, 0.2) is 66.7 Å². The molecule has 0 aromatic heterocycles. The Morgan fingerprint density at radius 2 is 1.62 bits per heavy atom. The third kappa shape index (κ3) is 7.81. The Kier molecular flexibility index (Phi) is 9.94. The van der Waals surface area contributed by atoms with Gasteiger partial charge in [-0.15, -0.1) is 0 Å². The molecule has 3 aromatic carbocycles. The zero-order chi connectivity index (χ0) is 27.6. The summed E-state index contributed by atoms with van der Waals surface area (Å²) in [7, 11) is 2.13. The van der Waals surface area contributed by atoms with Crippen molar-refractivity contribution in [2.45, 2.75) is 19.8 Å². The third-order valence-electron chi connectivity index (χ3n) is 6.83. The minimum Gasteiger partial charge on any atom is -0.493 e. The zero-order valence-corrected chi connectivity index (χ0v) is 22.7. The predicted molar refractivity (Wildman–Crippen MR) is 153 cm³/mol. The number of hydrogen-bond acceptors (Lipinski definition) is 6. The van der Waals surface area contributed by atoms with Gasteiger partial charge in [0.2, 0.25) is 0 Å². The van der Waals surface area contributed by atoms with E-state index in [0.29, 0.717) is 30.3 Å². The summed E-state index contributed by atoms with van der Waals surface area (Å²) in [5, 5.41) is 12.5. The Morgan fingerprint density at radius 1 is 0.872 bits per heavy atom. The highest BCUT2D eigenvalue weighted by atomic mass is 16.5. The van der Waals surface area contributed by atoms with E-state index >= 15 is 0 Å². The number of carboxylic acids is 1. The Morgan fingerprint density at radius 3 is 2.33 bits per heavy atom. The number of carbonyl (C=O) groups is 2. The van der Waals surface area contributed by atoms with Gasteiger partial charge < -0.3 is 24.8 Å². The van der Waals surface area contributed by atoms with Crippen molar-refractivity contribution in [1.82, 2.24) is 9.80 Å². The number of hydrogen-bond donors (Lipinski definition) is 2. The number of piperazine rings is 1. The van der Waals surface area contributed by atoms with Crippen LogP contribution in [0.1, 0.15) is 40.5 Å². The Hall–Kier alpha value is -3.88. The van der Waals surface area contributed by atoms with Crippen LogP contribution in [0.2, 0.25) is 0 Å². The molecule has 1 saturated heterocycles. The topological polar surface area (TPSA) is 91.3 Å². The number of likely N-dealkylation sites (N-methyl/N-ethyl adjacent to an activating group) is 1. The van der Waals surface area contributed by atoms with Crippen molar-refractivity contribution in [3.63, 3.8) is 0 Å². The second kappa shape index (κ2) is 13.8. The molecule has 206 valence electrons. The number of ether oxygens (including phenoxy) is 2. The van der Waals surface area contributed by atoms with Crippen LogP contribution >= 0.6 is 0 Å². The summed E-state index contributed by atoms with van der Waals surface area (Å²) in [4.78, 5) is 30.0. The summed E-state index contributed by atoms with van der Waals surface area (Å²) in [5.41, 5.74) is 2.28. The number of benzene rings is 3. The maximum absolute atomic E-state index is 13.4. The lowest BCUT2D eigenvalue weighted by molar-refractivity contribution is 0.0698. The number of nitrogens with one attached hydrogen (secondary N) is 1. The van der Waals surface area contributed by atoms with Crippen LogP contribution in [0.5, 0.6) is 11.5 Å². The highest BCUT2D eigenvalue weighted by molar-refractivity contribution is 6.09. The van der Waals surface area contributed by atoms with Crippen LogP contribution in [-0.2, 0) is 0 Å². The second-order valence-electron chi connectivity index (χ2n) is 9.74. The molecule has 4 rings (SSSR count). The molecule has 0 saturated carbocycles. The minimum absolute atomic E-state index is 0.0142. The molecule has 0 bridgehead atoms. The molecule has 1 aliphatic heterocycles. The second-order valence-corrected chi connectivity index (χ2v) is 9.74. The van der Waals surface area contributed by atoms with Crippen LogP contribution < -0.4 is 14.8 Å². The fourth-order valence-electron chi connectivity index (χ4n) is 4.42.